The number of hydrogen-bond acceptors (Lipinski definition) is 4. The summed E-state index contributed by atoms with van der Waals surface area (Å²) in [5, 5.41) is 5.01. The molecule has 0 radical (unpaired) electrons. The number of likely N-dealkylation sites (tertiary alicyclic amines) is 1. The van der Waals surface area contributed by atoms with E-state index in [-0.39, 0.29) is 18.3 Å². The Bertz CT molecular complexity index is 559. The monoisotopic (exact) mass is 298 g/mol. The summed E-state index contributed by atoms with van der Waals surface area (Å²) in [6.45, 7) is 1.11. The number of sulfonamides is 1. The van der Waals surface area contributed by atoms with Gasteiger partial charge < -0.3 is 9.64 Å². The van der Waals surface area contributed by atoms with E-state index in [1.807, 2.05) is 30.3 Å². The molecule has 1 aliphatic rings. The van der Waals surface area contributed by atoms with E-state index in [0.717, 1.165) is 5.56 Å². The van der Waals surface area contributed by atoms with Crippen molar-refractivity contribution in [3.8, 4) is 0 Å². The van der Waals surface area contributed by atoms with E-state index in [1.54, 1.807) is 0 Å². The van der Waals surface area contributed by atoms with Gasteiger partial charge in [0, 0.05) is 13.1 Å². The van der Waals surface area contributed by atoms with Gasteiger partial charge in [-0.25, -0.2) is 18.4 Å². The molecule has 0 saturated carbocycles. The van der Waals surface area contributed by atoms with Crippen LogP contribution >= 0.6 is 0 Å². The van der Waals surface area contributed by atoms with Gasteiger partial charge in [0.1, 0.15) is 6.61 Å². The molecule has 0 bridgehead atoms. The maximum Gasteiger partial charge on any atom is 0.410 e. The highest BCUT2D eigenvalue weighted by atomic mass is 32.2. The van der Waals surface area contributed by atoms with E-state index in [9.17, 15) is 13.2 Å². The summed E-state index contributed by atoms with van der Waals surface area (Å²) in [6.07, 6.45) is 0.224. The lowest BCUT2D eigenvalue weighted by Gasteiger charge is -2.16. The molecule has 1 fully saturated rings. The van der Waals surface area contributed by atoms with Crippen LogP contribution in [0.1, 0.15) is 12.0 Å². The first-order valence-electron chi connectivity index (χ1n) is 6.40. The maximum absolute atomic E-state index is 11.9. The second-order valence-electron chi connectivity index (χ2n) is 4.97. The first-order valence-corrected chi connectivity index (χ1v) is 8.12. The third kappa shape index (κ3) is 4.50. The van der Waals surface area contributed by atoms with Crippen LogP contribution in [-0.2, 0) is 21.4 Å². The Morgan fingerprint density at radius 3 is 2.70 bits per heavy atom. The van der Waals surface area contributed by atoms with Crippen LogP contribution < -0.4 is 5.14 Å². The van der Waals surface area contributed by atoms with Crippen LogP contribution in [0.25, 0.3) is 0 Å². The molecule has 1 unspecified atom stereocenters. The highest BCUT2D eigenvalue weighted by molar-refractivity contribution is 7.89. The van der Waals surface area contributed by atoms with Crippen LogP contribution in [0.5, 0.6) is 0 Å². The molecule has 7 heteroatoms. The minimum Gasteiger partial charge on any atom is -0.445 e. The highest BCUT2D eigenvalue weighted by Gasteiger charge is 2.29. The summed E-state index contributed by atoms with van der Waals surface area (Å²) in [5.41, 5.74) is 0.918. The zero-order valence-corrected chi connectivity index (χ0v) is 11.9. The molecule has 0 spiro atoms. The van der Waals surface area contributed by atoms with Crippen molar-refractivity contribution < 1.29 is 17.9 Å². The largest absolute Gasteiger partial charge is 0.445 e. The lowest BCUT2D eigenvalue weighted by atomic mass is 10.2. The van der Waals surface area contributed by atoms with E-state index in [0.29, 0.717) is 19.5 Å². The molecular formula is C13H18N2O4S. The van der Waals surface area contributed by atoms with Gasteiger partial charge in [-0.2, -0.15) is 0 Å². The van der Waals surface area contributed by atoms with Crippen LogP contribution in [-0.4, -0.2) is 38.3 Å². The Kier molecular flexibility index (Phi) is 4.61. The van der Waals surface area contributed by atoms with Crippen molar-refractivity contribution in [1.82, 2.24) is 4.90 Å². The molecule has 2 N–H and O–H groups in total. The number of primary sulfonamides is 1. The number of benzene rings is 1. The second kappa shape index (κ2) is 6.23. The van der Waals surface area contributed by atoms with Crippen LogP contribution in [0, 0.1) is 5.92 Å². The Hall–Kier alpha value is -1.60. The van der Waals surface area contributed by atoms with E-state index < -0.39 is 16.1 Å². The van der Waals surface area contributed by atoms with Crippen molar-refractivity contribution in [1.29, 1.82) is 0 Å². The SMILES string of the molecule is NS(=O)(=O)CC1CCN(C(=O)OCc2ccccc2)C1. The lowest BCUT2D eigenvalue weighted by Crippen LogP contribution is -2.31. The summed E-state index contributed by atoms with van der Waals surface area (Å²) >= 11 is 0. The number of amides is 1. The first-order chi connectivity index (χ1) is 9.44. The minimum absolute atomic E-state index is 0.0878. The number of hydrogen-bond donors (Lipinski definition) is 1. The summed E-state index contributed by atoms with van der Waals surface area (Å²) in [4.78, 5) is 13.4. The fourth-order valence-electron chi connectivity index (χ4n) is 2.27. The second-order valence-corrected chi connectivity index (χ2v) is 6.63. The van der Waals surface area contributed by atoms with E-state index in [2.05, 4.69) is 0 Å². The van der Waals surface area contributed by atoms with E-state index in [4.69, 9.17) is 9.88 Å². The molecule has 0 aromatic heterocycles. The molecule has 20 heavy (non-hydrogen) atoms. The molecule has 0 aliphatic carbocycles. The van der Waals surface area contributed by atoms with Gasteiger partial charge in [-0.15, -0.1) is 0 Å². The summed E-state index contributed by atoms with van der Waals surface area (Å²) in [5.74, 6) is -0.190. The standard InChI is InChI=1S/C13H18N2O4S/c14-20(17,18)10-12-6-7-15(8-12)13(16)19-9-11-4-2-1-3-5-11/h1-5,12H,6-10H2,(H2,14,17,18). The molecule has 1 atom stereocenters. The van der Waals surface area contributed by atoms with Gasteiger partial charge in [-0.3, -0.25) is 0 Å². The highest BCUT2D eigenvalue weighted by Crippen LogP contribution is 2.18. The van der Waals surface area contributed by atoms with Crippen molar-refractivity contribution in [2.24, 2.45) is 11.1 Å². The third-order valence-corrected chi connectivity index (χ3v) is 4.15. The van der Waals surface area contributed by atoms with Crippen LogP contribution in [0.2, 0.25) is 0 Å². The fraction of sp³-hybridized carbons (Fsp3) is 0.462. The van der Waals surface area contributed by atoms with Gasteiger partial charge in [0.2, 0.25) is 10.0 Å². The zero-order valence-electron chi connectivity index (χ0n) is 11.1. The molecule has 110 valence electrons. The molecular weight excluding hydrogens is 280 g/mol. The average molecular weight is 298 g/mol. The summed E-state index contributed by atoms with van der Waals surface area (Å²) in [7, 11) is -3.49. The predicted molar refractivity (Wildman–Crippen MR) is 74.3 cm³/mol. The quantitative estimate of drug-likeness (QED) is 0.895. The number of ether oxygens (including phenoxy) is 1. The number of rotatable bonds is 4. The number of nitrogens with two attached hydrogens (primary N) is 1. The van der Waals surface area contributed by atoms with Crippen molar-refractivity contribution in [2.75, 3.05) is 18.8 Å². The molecule has 1 saturated heterocycles. The first kappa shape index (κ1) is 14.8. The smallest absolute Gasteiger partial charge is 0.410 e. The zero-order chi connectivity index (χ0) is 14.6. The Labute approximate surface area is 118 Å². The Morgan fingerprint density at radius 2 is 2.05 bits per heavy atom. The van der Waals surface area contributed by atoms with E-state index >= 15 is 0 Å². The average Bonchev–Trinajstić information content (AvgIpc) is 2.83. The van der Waals surface area contributed by atoms with E-state index in [1.165, 1.54) is 4.90 Å². The Balaban J connectivity index is 1.80. The van der Waals surface area contributed by atoms with Crippen LogP contribution in [0.15, 0.2) is 30.3 Å². The number of nitrogens with zero attached hydrogens (tertiary/aromatic N) is 1. The molecule has 1 amide bonds. The van der Waals surface area contributed by atoms with Crippen molar-refractivity contribution in [2.45, 2.75) is 13.0 Å². The van der Waals surface area contributed by atoms with Crippen molar-refractivity contribution in [3.63, 3.8) is 0 Å². The van der Waals surface area contributed by atoms with Gasteiger partial charge in [0.25, 0.3) is 0 Å². The summed E-state index contributed by atoms with van der Waals surface area (Å²) in [6, 6.07) is 9.40. The Morgan fingerprint density at radius 1 is 1.35 bits per heavy atom. The van der Waals surface area contributed by atoms with Crippen molar-refractivity contribution in [3.05, 3.63) is 35.9 Å². The number of carbonyl (C=O) groups is 1. The van der Waals surface area contributed by atoms with Gasteiger partial charge >= 0.3 is 6.09 Å². The topological polar surface area (TPSA) is 89.7 Å². The van der Waals surface area contributed by atoms with Crippen molar-refractivity contribution >= 4 is 16.1 Å². The normalized spacial score (nSPS) is 19.1. The third-order valence-electron chi connectivity index (χ3n) is 3.22. The molecule has 1 aromatic rings. The summed E-state index contributed by atoms with van der Waals surface area (Å²) < 4.78 is 27.2. The predicted octanol–water partition coefficient (Wildman–Crippen LogP) is 0.934. The van der Waals surface area contributed by atoms with Gasteiger partial charge in [-0.05, 0) is 17.9 Å². The molecule has 1 aromatic carbocycles. The molecule has 1 aliphatic heterocycles. The van der Waals surface area contributed by atoms with Crippen LogP contribution in [0.4, 0.5) is 4.79 Å². The number of carbonyl (C=O) groups excluding carboxylic acids is 1. The van der Waals surface area contributed by atoms with Crippen LogP contribution in [0.3, 0.4) is 0 Å². The molecule has 1 heterocycles. The van der Waals surface area contributed by atoms with Gasteiger partial charge in [0.05, 0.1) is 5.75 Å². The van der Waals surface area contributed by atoms with Gasteiger partial charge in [0.15, 0.2) is 0 Å². The maximum atomic E-state index is 11.9. The molecule has 6 nitrogen and oxygen atoms in total. The minimum atomic E-state index is -3.49. The van der Waals surface area contributed by atoms with Gasteiger partial charge in [-0.1, -0.05) is 30.3 Å². The fourth-order valence-corrected chi connectivity index (χ4v) is 3.20. The molecule has 2 rings (SSSR count). The lowest BCUT2D eigenvalue weighted by molar-refractivity contribution is 0.103.